The Balaban J connectivity index is 1.80. The third kappa shape index (κ3) is 1.51. The number of fused-ring (bicyclic) bond motifs is 3. The molecule has 3 nitrogen and oxygen atoms in total. The van der Waals surface area contributed by atoms with Gasteiger partial charge in [0.15, 0.2) is 0 Å². The first-order chi connectivity index (χ1) is 10.7. The molecule has 0 radical (unpaired) electrons. The largest absolute Gasteiger partial charge is 0.309 e. The Morgan fingerprint density at radius 1 is 1.17 bits per heavy atom. The molecule has 3 atom stereocenters. The van der Waals surface area contributed by atoms with Gasteiger partial charge < -0.3 is 4.90 Å². The highest BCUT2D eigenvalue weighted by Crippen LogP contribution is 2.71. The maximum atomic E-state index is 13.7. The number of hydrogen-bond acceptors (Lipinski definition) is 2. The fraction of sp³-hybridized carbons (Fsp3) is 0.600. The van der Waals surface area contributed by atoms with Crippen molar-refractivity contribution in [3.8, 4) is 0 Å². The summed E-state index contributed by atoms with van der Waals surface area (Å²) in [6, 6.07) is 8.37. The van der Waals surface area contributed by atoms with Gasteiger partial charge in [0.25, 0.3) is 0 Å². The quantitative estimate of drug-likeness (QED) is 0.792. The van der Waals surface area contributed by atoms with Gasteiger partial charge in [-0.05, 0) is 43.2 Å². The molecule has 3 aliphatic rings. The summed E-state index contributed by atoms with van der Waals surface area (Å²) in [6.45, 7) is 8.45. The number of hydrogen-bond donors (Lipinski definition) is 0. The minimum atomic E-state index is -0.523. The first-order valence-corrected chi connectivity index (χ1v) is 8.69. The number of Topliss-reactive ketones (excluding diaryl/α,β-unsaturated/α-hetero) is 1. The van der Waals surface area contributed by atoms with Crippen LogP contribution in [-0.2, 0) is 16.0 Å². The number of carbonyl (C=O) groups excluding carboxylic acids is 2. The third-order valence-corrected chi connectivity index (χ3v) is 7.54. The molecular weight excluding hydrogens is 286 g/mol. The number of amides is 1. The molecule has 1 amide bonds. The summed E-state index contributed by atoms with van der Waals surface area (Å²) in [7, 11) is 0. The number of carbonyl (C=O) groups is 2. The molecule has 0 N–H and O–H groups in total. The molecule has 1 heterocycles. The highest BCUT2D eigenvalue weighted by molar-refractivity contribution is 6.07. The van der Waals surface area contributed by atoms with Crippen LogP contribution in [-0.4, -0.2) is 17.7 Å². The van der Waals surface area contributed by atoms with Crippen LogP contribution in [0.1, 0.15) is 52.5 Å². The summed E-state index contributed by atoms with van der Waals surface area (Å²) in [5.41, 5.74) is 1.15. The van der Waals surface area contributed by atoms with Gasteiger partial charge in [-0.2, -0.15) is 0 Å². The Hall–Kier alpha value is -1.64. The SMILES string of the molecule is C[C@H]1Cc2ccccc2N1C(=O)[C@]12CC[C@](C)(C(=O)C1)C2(C)C. The van der Waals surface area contributed by atoms with Crippen LogP contribution < -0.4 is 4.90 Å². The molecule has 1 aliphatic heterocycles. The minimum Gasteiger partial charge on any atom is -0.309 e. The van der Waals surface area contributed by atoms with Crippen LogP contribution in [0.25, 0.3) is 0 Å². The molecular formula is C20H25NO2. The van der Waals surface area contributed by atoms with E-state index in [1.54, 1.807) is 0 Å². The summed E-state index contributed by atoms with van der Waals surface area (Å²) < 4.78 is 0. The van der Waals surface area contributed by atoms with Crippen LogP contribution in [0.2, 0.25) is 0 Å². The van der Waals surface area contributed by atoms with Gasteiger partial charge in [-0.1, -0.05) is 39.0 Å². The van der Waals surface area contributed by atoms with E-state index in [4.69, 9.17) is 0 Å². The van der Waals surface area contributed by atoms with Crippen molar-refractivity contribution < 1.29 is 9.59 Å². The first kappa shape index (κ1) is 14.9. The molecule has 1 aromatic carbocycles. The second-order valence-corrected chi connectivity index (χ2v) is 8.50. The number of benzene rings is 1. The van der Waals surface area contributed by atoms with Crippen molar-refractivity contribution in [3.05, 3.63) is 29.8 Å². The monoisotopic (exact) mass is 311 g/mol. The molecule has 2 aliphatic carbocycles. The molecule has 2 bridgehead atoms. The van der Waals surface area contributed by atoms with Crippen LogP contribution in [0, 0.1) is 16.2 Å². The van der Waals surface area contributed by atoms with E-state index in [-0.39, 0.29) is 28.6 Å². The third-order valence-electron chi connectivity index (χ3n) is 7.54. The summed E-state index contributed by atoms with van der Waals surface area (Å²) >= 11 is 0. The lowest BCUT2D eigenvalue weighted by Gasteiger charge is -2.41. The van der Waals surface area contributed by atoms with Gasteiger partial charge in [-0.15, -0.1) is 0 Å². The van der Waals surface area contributed by atoms with E-state index in [0.717, 1.165) is 24.9 Å². The van der Waals surface area contributed by atoms with Crippen LogP contribution in [0.3, 0.4) is 0 Å². The minimum absolute atomic E-state index is 0.174. The molecule has 0 unspecified atom stereocenters. The van der Waals surface area contributed by atoms with Gasteiger partial charge in [0.1, 0.15) is 5.78 Å². The number of anilines is 1. The zero-order chi connectivity index (χ0) is 16.6. The number of nitrogens with zero attached hydrogens (tertiary/aromatic N) is 1. The Bertz CT molecular complexity index is 722. The van der Waals surface area contributed by atoms with Crippen LogP contribution >= 0.6 is 0 Å². The number of para-hydroxylation sites is 1. The van der Waals surface area contributed by atoms with Crippen molar-refractivity contribution in [1.82, 2.24) is 0 Å². The van der Waals surface area contributed by atoms with Crippen LogP contribution in [0.15, 0.2) is 24.3 Å². The molecule has 0 aromatic heterocycles. The second kappa shape index (κ2) is 4.25. The smallest absolute Gasteiger partial charge is 0.234 e. The van der Waals surface area contributed by atoms with Crippen molar-refractivity contribution in [2.75, 3.05) is 4.90 Å². The van der Waals surface area contributed by atoms with E-state index in [2.05, 4.69) is 33.8 Å². The maximum absolute atomic E-state index is 13.7. The molecule has 0 spiro atoms. The normalized spacial score (nSPS) is 37.3. The molecule has 4 rings (SSSR count). The van der Waals surface area contributed by atoms with E-state index >= 15 is 0 Å². The molecule has 2 fully saturated rings. The Morgan fingerprint density at radius 2 is 1.87 bits per heavy atom. The van der Waals surface area contributed by atoms with Gasteiger partial charge in [0.05, 0.1) is 5.41 Å². The van der Waals surface area contributed by atoms with E-state index in [1.165, 1.54) is 5.56 Å². The van der Waals surface area contributed by atoms with Crippen LogP contribution in [0.4, 0.5) is 5.69 Å². The van der Waals surface area contributed by atoms with Crippen LogP contribution in [0.5, 0.6) is 0 Å². The maximum Gasteiger partial charge on any atom is 0.234 e. The first-order valence-electron chi connectivity index (χ1n) is 8.69. The van der Waals surface area contributed by atoms with Gasteiger partial charge in [-0.25, -0.2) is 0 Å². The Labute approximate surface area is 138 Å². The van der Waals surface area contributed by atoms with Gasteiger partial charge in [0, 0.05) is 23.6 Å². The van der Waals surface area contributed by atoms with Gasteiger partial charge in [0.2, 0.25) is 5.91 Å². The average molecular weight is 311 g/mol. The van der Waals surface area contributed by atoms with E-state index in [1.807, 2.05) is 23.1 Å². The molecule has 2 saturated carbocycles. The van der Waals surface area contributed by atoms with E-state index < -0.39 is 5.41 Å². The zero-order valence-electron chi connectivity index (χ0n) is 14.5. The van der Waals surface area contributed by atoms with E-state index in [9.17, 15) is 9.59 Å². The lowest BCUT2D eigenvalue weighted by Crippen LogP contribution is -2.50. The highest BCUT2D eigenvalue weighted by Gasteiger charge is 2.73. The summed E-state index contributed by atoms with van der Waals surface area (Å²) in [4.78, 5) is 28.3. The Kier molecular flexibility index (Phi) is 2.76. The molecule has 1 aromatic rings. The van der Waals surface area contributed by atoms with E-state index in [0.29, 0.717) is 6.42 Å². The van der Waals surface area contributed by atoms with Crippen molar-refractivity contribution in [2.45, 2.75) is 59.4 Å². The standard InChI is InChI=1S/C20H25NO2/c1-13-11-14-7-5-6-8-15(14)21(13)17(23)20-10-9-19(4,16(22)12-20)18(20,2)3/h5-8,13H,9-12H2,1-4H3/t13-,19+,20-/m0/s1. The zero-order valence-corrected chi connectivity index (χ0v) is 14.5. The van der Waals surface area contributed by atoms with Crippen molar-refractivity contribution in [2.24, 2.45) is 16.2 Å². The highest BCUT2D eigenvalue weighted by atomic mass is 16.2. The fourth-order valence-corrected chi connectivity index (χ4v) is 5.44. The summed E-state index contributed by atoms with van der Waals surface area (Å²) in [6.07, 6.45) is 3.01. The van der Waals surface area contributed by atoms with Crippen molar-refractivity contribution >= 4 is 17.4 Å². The molecule has 23 heavy (non-hydrogen) atoms. The predicted octanol–water partition coefficient (Wildman–Crippen LogP) is 3.75. The second-order valence-electron chi connectivity index (χ2n) is 8.50. The molecule has 0 saturated heterocycles. The number of rotatable bonds is 1. The Morgan fingerprint density at radius 3 is 2.48 bits per heavy atom. The van der Waals surface area contributed by atoms with Crippen molar-refractivity contribution in [1.29, 1.82) is 0 Å². The summed E-state index contributed by atoms with van der Waals surface area (Å²) in [5.74, 6) is 0.455. The topological polar surface area (TPSA) is 37.4 Å². The van der Waals surface area contributed by atoms with Crippen molar-refractivity contribution in [3.63, 3.8) is 0 Å². The lowest BCUT2D eigenvalue weighted by atomic mass is 9.64. The van der Waals surface area contributed by atoms with Gasteiger partial charge in [-0.3, -0.25) is 9.59 Å². The molecule has 3 heteroatoms. The predicted molar refractivity (Wildman–Crippen MR) is 90.3 cm³/mol. The summed E-state index contributed by atoms with van der Waals surface area (Å²) in [5, 5.41) is 0. The average Bonchev–Trinajstić information content (AvgIpc) is 2.99. The molecule has 122 valence electrons. The lowest BCUT2D eigenvalue weighted by molar-refractivity contribution is -0.134. The number of ketones is 1. The fourth-order valence-electron chi connectivity index (χ4n) is 5.44. The van der Waals surface area contributed by atoms with Gasteiger partial charge >= 0.3 is 0 Å².